The fraction of sp³-hybridized carbons (Fsp3) is 0.364. The normalized spacial score (nSPS) is 10.6. The average Bonchev–Trinajstić information content (AvgIpc) is 2.26. The van der Waals surface area contributed by atoms with Gasteiger partial charge in [-0.15, -0.1) is 5.11 Å². The van der Waals surface area contributed by atoms with Crippen molar-refractivity contribution in [1.29, 1.82) is 5.26 Å². The third-order valence-electron chi connectivity index (χ3n) is 2.05. The predicted octanol–water partition coefficient (Wildman–Crippen LogP) is 2.90. The lowest BCUT2D eigenvalue weighted by atomic mass is 10.2. The molecular weight excluding hydrogens is 188 g/mol. The van der Waals surface area contributed by atoms with Gasteiger partial charge in [-0.25, -0.2) is 0 Å². The quantitative estimate of drug-likeness (QED) is 0.559. The van der Waals surface area contributed by atoms with E-state index in [1.54, 1.807) is 29.3 Å². The summed E-state index contributed by atoms with van der Waals surface area (Å²) >= 11 is 0. The molecule has 0 aliphatic heterocycles. The van der Waals surface area contributed by atoms with Crippen molar-refractivity contribution >= 4 is 5.69 Å². The van der Waals surface area contributed by atoms with Crippen molar-refractivity contribution in [2.75, 3.05) is 7.05 Å². The highest BCUT2D eigenvalue weighted by molar-refractivity contribution is 5.41. The van der Waals surface area contributed by atoms with Crippen LogP contribution in [0.25, 0.3) is 0 Å². The van der Waals surface area contributed by atoms with E-state index in [1.807, 2.05) is 20.9 Å². The Morgan fingerprint density at radius 1 is 1.27 bits per heavy atom. The molecule has 0 saturated carbocycles. The first-order valence-electron chi connectivity index (χ1n) is 4.78. The van der Waals surface area contributed by atoms with Crippen LogP contribution in [0.5, 0.6) is 0 Å². The Morgan fingerprint density at radius 2 is 1.87 bits per heavy atom. The van der Waals surface area contributed by atoms with Gasteiger partial charge in [-0.3, -0.25) is 5.01 Å². The number of hydrogen-bond acceptors (Lipinski definition) is 3. The van der Waals surface area contributed by atoms with E-state index < -0.39 is 0 Å². The van der Waals surface area contributed by atoms with Crippen LogP contribution >= 0.6 is 0 Å². The maximum atomic E-state index is 8.61. The summed E-state index contributed by atoms with van der Waals surface area (Å²) in [5.41, 5.74) is 1.38. The summed E-state index contributed by atoms with van der Waals surface area (Å²) in [5.74, 6) is 0. The molecule has 0 radical (unpaired) electrons. The first-order valence-corrected chi connectivity index (χ1v) is 4.78. The van der Waals surface area contributed by atoms with Crippen LogP contribution in [-0.4, -0.2) is 18.1 Å². The summed E-state index contributed by atoms with van der Waals surface area (Å²) in [5, 5.41) is 18.5. The molecule has 0 N–H and O–H groups in total. The SMILES string of the molecule is CC(C)N(C)/N=N\c1ccc(C#N)cc1. The minimum atomic E-state index is 0.326. The van der Waals surface area contributed by atoms with Crippen LogP contribution in [-0.2, 0) is 0 Å². The molecule has 78 valence electrons. The summed E-state index contributed by atoms with van der Waals surface area (Å²) < 4.78 is 0. The molecule has 4 nitrogen and oxygen atoms in total. The summed E-state index contributed by atoms with van der Waals surface area (Å²) in [6.45, 7) is 4.08. The zero-order valence-electron chi connectivity index (χ0n) is 9.18. The molecular formula is C11H14N4. The van der Waals surface area contributed by atoms with Crippen molar-refractivity contribution < 1.29 is 0 Å². The van der Waals surface area contributed by atoms with E-state index in [9.17, 15) is 0 Å². The van der Waals surface area contributed by atoms with Gasteiger partial charge in [-0.05, 0) is 38.1 Å². The number of rotatable bonds is 3. The van der Waals surface area contributed by atoms with Crippen molar-refractivity contribution in [1.82, 2.24) is 5.01 Å². The smallest absolute Gasteiger partial charge is 0.0991 e. The summed E-state index contributed by atoms with van der Waals surface area (Å²) in [6, 6.07) is 9.38. The van der Waals surface area contributed by atoms with Gasteiger partial charge in [0, 0.05) is 13.1 Å². The molecule has 4 heteroatoms. The first kappa shape index (κ1) is 11.2. The lowest BCUT2D eigenvalue weighted by Crippen LogP contribution is -2.19. The van der Waals surface area contributed by atoms with E-state index in [2.05, 4.69) is 16.4 Å². The standard InChI is InChI=1S/C11H14N4/c1-9(2)15(3)14-13-11-6-4-10(8-12)5-7-11/h4-7,9H,1-3H3/b14-13-. The summed E-state index contributed by atoms with van der Waals surface area (Å²) in [7, 11) is 1.87. The van der Waals surface area contributed by atoms with Gasteiger partial charge in [-0.1, -0.05) is 5.22 Å². The zero-order valence-corrected chi connectivity index (χ0v) is 9.18. The highest BCUT2D eigenvalue weighted by Crippen LogP contribution is 2.13. The Hall–Kier alpha value is -1.89. The van der Waals surface area contributed by atoms with Crippen LogP contribution in [0.2, 0.25) is 0 Å². The lowest BCUT2D eigenvalue weighted by Gasteiger charge is -2.14. The van der Waals surface area contributed by atoms with Crippen molar-refractivity contribution in [2.24, 2.45) is 10.3 Å². The van der Waals surface area contributed by atoms with Gasteiger partial charge in [0.1, 0.15) is 0 Å². The molecule has 0 aliphatic carbocycles. The number of nitrogens with zero attached hydrogens (tertiary/aromatic N) is 4. The Balaban J connectivity index is 2.69. The first-order chi connectivity index (χ1) is 7.13. The van der Waals surface area contributed by atoms with Crippen molar-refractivity contribution in [3.63, 3.8) is 0 Å². The van der Waals surface area contributed by atoms with Crippen molar-refractivity contribution in [2.45, 2.75) is 19.9 Å². The van der Waals surface area contributed by atoms with E-state index in [1.165, 1.54) is 0 Å². The molecule has 0 atom stereocenters. The molecule has 0 amide bonds. The van der Waals surface area contributed by atoms with Crippen LogP contribution in [0.1, 0.15) is 19.4 Å². The van der Waals surface area contributed by atoms with Gasteiger partial charge in [0.25, 0.3) is 0 Å². The Morgan fingerprint density at radius 3 is 2.33 bits per heavy atom. The van der Waals surface area contributed by atoms with Crippen LogP contribution in [0.15, 0.2) is 34.6 Å². The molecule has 0 unspecified atom stereocenters. The minimum Gasteiger partial charge on any atom is -0.279 e. The average molecular weight is 202 g/mol. The number of benzene rings is 1. The summed E-state index contributed by atoms with van der Waals surface area (Å²) in [4.78, 5) is 0. The Kier molecular flexibility index (Phi) is 3.81. The van der Waals surface area contributed by atoms with Gasteiger partial charge < -0.3 is 0 Å². The Labute approximate surface area is 89.8 Å². The monoisotopic (exact) mass is 202 g/mol. The molecule has 0 aliphatic rings. The molecule has 0 saturated heterocycles. The van der Waals surface area contributed by atoms with Gasteiger partial charge >= 0.3 is 0 Å². The lowest BCUT2D eigenvalue weighted by molar-refractivity contribution is 0.270. The molecule has 0 spiro atoms. The largest absolute Gasteiger partial charge is 0.279 e. The van der Waals surface area contributed by atoms with Crippen LogP contribution in [0, 0.1) is 11.3 Å². The van der Waals surface area contributed by atoms with Crippen LogP contribution in [0.4, 0.5) is 5.69 Å². The zero-order chi connectivity index (χ0) is 11.3. The van der Waals surface area contributed by atoms with Gasteiger partial charge in [-0.2, -0.15) is 5.26 Å². The molecule has 1 aromatic carbocycles. The van der Waals surface area contributed by atoms with Gasteiger partial charge in [0.2, 0.25) is 0 Å². The minimum absolute atomic E-state index is 0.326. The second kappa shape index (κ2) is 5.11. The van der Waals surface area contributed by atoms with Crippen molar-refractivity contribution in [3.05, 3.63) is 29.8 Å². The summed E-state index contributed by atoms with van der Waals surface area (Å²) in [6.07, 6.45) is 0. The predicted molar refractivity (Wildman–Crippen MR) is 58.6 cm³/mol. The molecule has 0 fully saturated rings. The second-order valence-electron chi connectivity index (χ2n) is 3.52. The third kappa shape index (κ3) is 3.39. The van der Waals surface area contributed by atoms with Gasteiger partial charge in [0.05, 0.1) is 17.3 Å². The highest BCUT2D eigenvalue weighted by Gasteiger charge is 1.98. The molecule has 0 bridgehead atoms. The maximum absolute atomic E-state index is 8.61. The molecule has 0 heterocycles. The molecule has 0 aromatic heterocycles. The fourth-order valence-electron chi connectivity index (χ4n) is 0.828. The van der Waals surface area contributed by atoms with E-state index in [4.69, 9.17) is 5.26 Å². The molecule has 15 heavy (non-hydrogen) atoms. The van der Waals surface area contributed by atoms with Crippen LogP contribution in [0.3, 0.4) is 0 Å². The van der Waals surface area contributed by atoms with E-state index in [0.29, 0.717) is 11.6 Å². The van der Waals surface area contributed by atoms with E-state index in [-0.39, 0.29) is 0 Å². The van der Waals surface area contributed by atoms with E-state index >= 15 is 0 Å². The highest BCUT2D eigenvalue weighted by atomic mass is 15.5. The number of nitriles is 1. The Bertz CT molecular complexity index is 373. The van der Waals surface area contributed by atoms with Crippen molar-refractivity contribution in [3.8, 4) is 6.07 Å². The second-order valence-corrected chi connectivity index (χ2v) is 3.52. The van der Waals surface area contributed by atoms with Gasteiger partial charge in [0.15, 0.2) is 0 Å². The topological polar surface area (TPSA) is 51.8 Å². The molecule has 1 rings (SSSR count). The van der Waals surface area contributed by atoms with E-state index in [0.717, 1.165) is 5.69 Å². The number of hydrogen-bond donors (Lipinski definition) is 0. The maximum Gasteiger partial charge on any atom is 0.0991 e. The fourth-order valence-corrected chi connectivity index (χ4v) is 0.828. The third-order valence-corrected chi connectivity index (χ3v) is 2.05. The molecule has 1 aromatic rings. The van der Waals surface area contributed by atoms with Crippen LogP contribution < -0.4 is 0 Å².